The summed E-state index contributed by atoms with van der Waals surface area (Å²) in [6, 6.07) is 29.4. The highest BCUT2D eigenvalue weighted by molar-refractivity contribution is 5.57. The molecule has 0 atom stereocenters. The van der Waals surface area contributed by atoms with Crippen molar-refractivity contribution in [2.75, 3.05) is 18.1 Å². The van der Waals surface area contributed by atoms with Crippen molar-refractivity contribution in [3.63, 3.8) is 0 Å². The van der Waals surface area contributed by atoms with Crippen molar-refractivity contribution in [2.24, 2.45) is 0 Å². The molecular weight excluding hydrogens is 294 g/mol. The Kier molecular flexibility index (Phi) is 5.29. The number of hydrogen-bond acceptors (Lipinski definition) is 2. The van der Waals surface area contributed by atoms with E-state index in [0.717, 1.165) is 5.69 Å². The minimum absolute atomic E-state index is 0.0700. The average molecular weight is 317 g/mol. The topological polar surface area (TPSA) is 23.5 Å². The molecule has 3 rings (SSSR count). The second kappa shape index (κ2) is 7.80. The molecule has 0 aliphatic carbocycles. The lowest BCUT2D eigenvalue weighted by molar-refractivity contribution is 0.299. The van der Waals surface area contributed by atoms with E-state index in [1.54, 1.807) is 0 Å². The summed E-state index contributed by atoms with van der Waals surface area (Å²) in [5.74, 6) is 0. The molecule has 0 aromatic heterocycles. The van der Waals surface area contributed by atoms with Crippen molar-refractivity contribution < 1.29 is 5.11 Å². The normalized spacial score (nSPS) is 10.8. The van der Waals surface area contributed by atoms with Gasteiger partial charge >= 0.3 is 0 Å². The van der Waals surface area contributed by atoms with Crippen LogP contribution in [0.3, 0.4) is 0 Å². The molecule has 0 radical (unpaired) electrons. The molecule has 0 aliphatic rings. The van der Waals surface area contributed by atoms with Crippen LogP contribution < -0.4 is 4.90 Å². The Bertz CT molecular complexity index is 716. The Morgan fingerprint density at radius 2 is 1.25 bits per heavy atom. The van der Waals surface area contributed by atoms with Gasteiger partial charge in [-0.1, -0.05) is 78.9 Å². The fourth-order valence-corrected chi connectivity index (χ4v) is 3.21. The smallest absolute Gasteiger partial charge is 0.0797 e. The maximum Gasteiger partial charge on any atom is 0.0797 e. The summed E-state index contributed by atoms with van der Waals surface area (Å²) in [5, 5.41) is 9.69. The molecule has 2 heteroatoms. The molecule has 0 heterocycles. The van der Waals surface area contributed by atoms with E-state index >= 15 is 0 Å². The minimum Gasteiger partial charge on any atom is -0.395 e. The number of hydrogen-bond donors (Lipinski definition) is 1. The van der Waals surface area contributed by atoms with E-state index in [2.05, 4.69) is 84.6 Å². The van der Waals surface area contributed by atoms with E-state index in [1.807, 2.05) is 12.1 Å². The monoisotopic (exact) mass is 317 g/mol. The Balaban J connectivity index is 2.13. The van der Waals surface area contributed by atoms with Crippen LogP contribution in [0.2, 0.25) is 0 Å². The minimum atomic E-state index is 0.0700. The predicted molar refractivity (Wildman–Crippen MR) is 100 cm³/mol. The van der Waals surface area contributed by atoms with E-state index in [9.17, 15) is 5.11 Å². The van der Waals surface area contributed by atoms with E-state index in [1.165, 1.54) is 16.7 Å². The highest BCUT2D eigenvalue weighted by Crippen LogP contribution is 2.34. The number of aliphatic hydroxyl groups is 1. The van der Waals surface area contributed by atoms with Crippen LogP contribution in [0.25, 0.3) is 0 Å². The third kappa shape index (κ3) is 3.50. The summed E-state index contributed by atoms with van der Waals surface area (Å²) in [7, 11) is 0. The molecule has 0 fully saturated rings. The van der Waals surface area contributed by atoms with Gasteiger partial charge in [0.05, 0.1) is 12.6 Å². The number of nitrogens with zero attached hydrogens (tertiary/aromatic N) is 1. The first-order valence-electron chi connectivity index (χ1n) is 8.34. The van der Waals surface area contributed by atoms with Crippen LogP contribution in [0.4, 0.5) is 5.69 Å². The quantitative estimate of drug-likeness (QED) is 0.719. The Morgan fingerprint density at radius 3 is 1.75 bits per heavy atom. The molecule has 0 spiro atoms. The molecule has 3 aromatic rings. The fourth-order valence-electron chi connectivity index (χ4n) is 3.21. The van der Waals surface area contributed by atoms with E-state index < -0.39 is 0 Å². The largest absolute Gasteiger partial charge is 0.395 e. The van der Waals surface area contributed by atoms with Crippen LogP contribution in [-0.4, -0.2) is 18.3 Å². The Labute approximate surface area is 144 Å². The summed E-state index contributed by atoms with van der Waals surface area (Å²) in [6.45, 7) is 2.82. The zero-order valence-electron chi connectivity index (χ0n) is 14.0. The van der Waals surface area contributed by atoms with E-state index in [-0.39, 0.29) is 12.6 Å². The molecule has 122 valence electrons. The van der Waals surface area contributed by atoms with Crippen LogP contribution in [-0.2, 0) is 0 Å². The molecule has 0 unspecified atom stereocenters. The van der Waals surface area contributed by atoms with Gasteiger partial charge in [0.1, 0.15) is 0 Å². The third-order valence-corrected chi connectivity index (χ3v) is 4.31. The number of aryl methyl sites for hydroxylation is 1. The van der Waals surface area contributed by atoms with Crippen molar-refractivity contribution in [3.05, 3.63) is 102 Å². The van der Waals surface area contributed by atoms with Gasteiger partial charge in [0.25, 0.3) is 0 Å². The summed E-state index contributed by atoms with van der Waals surface area (Å²) >= 11 is 0. The van der Waals surface area contributed by atoms with Crippen molar-refractivity contribution in [2.45, 2.75) is 13.0 Å². The third-order valence-electron chi connectivity index (χ3n) is 4.31. The van der Waals surface area contributed by atoms with Crippen molar-refractivity contribution in [3.8, 4) is 0 Å². The molecular formula is C22H23NO. The Morgan fingerprint density at radius 1 is 0.750 bits per heavy atom. The molecule has 0 saturated carbocycles. The van der Waals surface area contributed by atoms with E-state index in [4.69, 9.17) is 0 Å². The molecule has 0 amide bonds. The van der Waals surface area contributed by atoms with Gasteiger partial charge in [-0.15, -0.1) is 0 Å². The first-order valence-corrected chi connectivity index (χ1v) is 8.34. The van der Waals surface area contributed by atoms with Gasteiger partial charge in [-0.05, 0) is 29.7 Å². The zero-order valence-corrected chi connectivity index (χ0v) is 14.0. The molecule has 2 nitrogen and oxygen atoms in total. The summed E-state index contributed by atoms with van der Waals surface area (Å²) in [4.78, 5) is 2.29. The SMILES string of the molecule is Cc1ccccc1N(CCO)C(c1ccccc1)c1ccccc1. The second-order valence-corrected chi connectivity index (χ2v) is 5.93. The number of rotatable bonds is 6. The lowest BCUT2D eigenvalue weighted by atomic mass is 9.96. The summed E-state index contributed by atoms with van der Waals surface area (Å²) in [5.41, 5.74) is 4.81. The number of anilines is 1. The van der Waals surface area contributed by atoms with E-state index in [0.29, 0.717) is 6.54 Å². The maximum absolute atomic E-state index is 9.69. The van der Waals surface area contributed by atoms with Gasteiger partial charge in [0.15, 0.2) is 0 Å². The first-order chi connectivity index (χ1) is 11.8. The molecule has 1 N–H and O–H groups in total. The predicted octanol–water partition coefficient (Wildman–Crippen LogP) is 4.58. The molecule has 0 bridgehead atoms. The summed E-state index contributed by atoms with van der Waals surface area (Å²) in [6.07, 6.45) is 0. The highest BCUT2D eigenvalue weighted by Gasteiger charge is 2.23. The molecule has 0 aliphatic heterocycles. The van der Waals surface area contributed by atoms with Crippen molar-refractivity contribution >= 4 is 5.69 Å². The van der Waals surface area contributed by atoms with Gasteiger partial charge in [-0.2, -0.15) is 0 Å². The molecule has 0 saturated heterocycles. The zero-order chi connectivity index (χ0) is 16.8. The highest BCUT2D eigenvalue weighted by atomic mass is 16.3. The van der Waals surface area contributed by atoms with Gasteiger partial charge in [-0.3, -0.25) is 0 Å². The van der Waals surface area contributed by atoms with Crippen LogP contribution in [0.1, 0.15) is 22.7 Å². The van der Waals surface area contributed by atoms with Crippen LogP contribution in [0.5, 0.6) is 0 Å². The van der Waals surface area contributed by atoms with Crippen molar-refractivity contribution in [1.29, 1.82) is 0 Å². The average Bonchev–Trinajstić information content (AvgIpc) is 2.64. The van der Waals surface area contributed by atoms with Crippen LogP contribution >= 0.6 is 0 Å². The standard InChI is InChI=1S/C22H23NO/c1-18-10-8-9-15-21(18)23(16-17-24)22(19-11-4-2-5-12-19)20-13-6-3-7-14-20/h2-15,22,24H,16-17H2,1H3. The lowest BCUT2D eigenvalue weighted by Crippen LogP contribution is -2.32. The van der Waals surface area contributed by atoms with Gasteiger partial charge in [0.2, 0.25) is 0 Å². The van der Waals surface area contributed by atoms with Crippen LogP contribution in [0, 0.1) is 6.92 Å². The lowest BCUT2D eigenvalue weighted by Gasteiger charge is -2.35. The number of aliphatic hydroxyl groups excluding tert-OH is 1. The molecule has 3 aromatic carbocycles. The molecule has 24 heavy (non-hydrogen) atoms. The van der Waals surface area contributed by atoms with Gasteiger partial charge in [-0.25, -0.2) is 0 Å². The summed E-state index contributed by atoms with van der Waals surface area (Å²) < 4.78 is 0. The maximum atomic E-state index is 9.69. The number of para-hydroxylation sites is 1. The first kappa shape index (κ1) is 16.3. The van der Waals surface area contributed by atoms with Crippen LogP contribution in [0.15, 0.2) is 84.9 Å². The van der Waals surface area contributed by atoms with Gasteiger partial charge < -0.3 is 10.0 Å². The second-order valence-electron chi connectivity index (χ2n) is 5.93. The number of benzene rings is 3. The van der Waals surface area contributed by atoms with Gasteiger partial charge in [0, 0.05) is 12.2 Å². The van der Waals surface area contributed by atoms with Crippen molar-refractivity contribution in [1.82, 2.24) is 0 Å². The Hall–Kier alpha value is -2.58. The fraction of sp³-hybridized carbons (Fsp3) is 0.182.